The number of nitrogens with zero attached hydrogens (tertiary/aromatic N) is 1. The van der Waals surface area contributed by atoms with E-state index in [-0.39, 0.29) is 11.5 Å². The Morgan fingerprint density at radius 1 is 1.30 bits per heavy atom. The number of nitrogens with one attached hydrogen (secondary N) is 3. The van der Waals surface area contributed by atoms with E-state index in [2.05, 4.69) is 66.6 Å². The van der Waals surface area contributed by atoms with Crippen molar-refractivity contribution in [3.05, 3.63) is 66.4 Å². The Kier molecular flexibility index (Phi) is 8.91. The number of carbonyl (C=O) groups excluding carboxylic acids is 1. The summed E-state index contributed by atoms with van der Waals surface area (Å²) in [6.07, 6.45) is 7.57. The van der Waals surface area contributed by atoms with Gasteiger partial charge in [0.1, 0.15) is 11.4 Å². The molecule has 2 atom stereocenters. The number of hydrogen-bond donors (Lipinski definition) is 3. The lowest BCUT2D eigenvalue weighted by molar-refractivity contribution is 0.0517. The van der Waals surface area contributed by atoms with Gasteiger partial charge in [-0.25, -0.2) is 4.79 Å². The van der Waals surface area contributed by atoms with Gasteiger partial charge >= 0.3 is 6.09 Å². The molecular formula is C27H40N4O2. The Morgan fingerprint density at radius 2 is 1.97 bits per heavy atom. The summed E-state index contributed by atoms with van der Waals surface area (Å²) in [4.78, 5) is 17.2. The summed E-state index contributed by atoms with van der Waals surface area (Å²) in [5.41, 5.74) is 2.16. The van der Waals surface area contributed by atoms with Crippen LogP contribution in [0.4, 0.5) is 4.79 Å². The third kappa shape index (κ3) is 7.81. The number of amidine groups is 1. The minimum atomic E-state index is -0.595. The fourth-order valence-electron chi connectivity index (χ4n) is 3.81. The van der Waals surface area contributed by atoms with Gasteiger partial charge in [-0.2, -0.15) is 0 Å². The second kappa shape index (κ2) is 11.2. The minimum absolute atomic E-state index is 0.109. The molecule has 0 fully saturated rings. The highest BCUT2D eigenvalue weighted by Crippen LogP contribution is 2.34. The lowest BCUT2D eigenvalue weighted by Gasteiger charge is -2.30. The van der Waals surface area contributed by atoms with Crippen molar-refractivity contribution < 1.29 is 9.53 Å². The van der Waals surface area contributed by atoms with E-state index in [1.807, 2.05) is 51.1 Å². The Bertz CT molecular complexity index is 908. The Balaban J connectivity index is 2.29. The van der Waals surface area contributed by atoms with Crippen molar-refractivity contribution >= 4 is 17.6 Å². The van der Waals surface area contributed by atoms with E-state index in [1.165, 1.54) is 5.57 Å². The highest BCUT2D eigenvalue weighted by molar-refractivity contribution is 5.96. The van der Waals surface area contributed by atoms with Crippen molar-refractivity contribution in [1.82, 2.24) is 16.0 Å². The van der Waals surface area contributed by atoms with E-state index in [0.29, 0.717) is 18.0 Å². The van der Waals surface area contributed by atoms with Crippen LogP contribution in [0, 0.1) is 5.92 Å². The molecule has 0 radical (unpaired) electrons. The van der Waals surface area contributed by atoms with Crippen LogP contribution in [0.25, 0.3) is 5.70 Å². The van der Waals surface area contributed by atoms with E-state index < -0.39 is 17.7 Å². The van der Waals surface area contributed by atoms with E-state index >= 15 is 0 Å². The van der Waals surface area contributed by atoms with Gasteiger partial charge in [-0.05, 0) is 64.8 Å². The third-order valence-electron chi connectivity index (χ3n) is 5.47. The highest BCUT2D eigenvalue weighted by Gasteiger charge is 2.36. The van der Waals surface area contributed by atoms with E-state index in [0.717, 1.165) is 12.0 Å². The number of allylic oxidation sites excluding steroid dienone is 1. The summed E-state index contributed by atoms with van der Waals surface area (Å²) in [5, 5.41) is 9.84. The lowest BCUT2D eigenvalue weighted by Crippen LogP contribution is -2.48. The molecule has 3 N–H and O–H groups in total. The van der Waals surface area contributed by atoms with Crippen LogP contribution >= 0.6 is 0 Å². The van der Waals surface area contributed by atoms with Gasteiger partial charge in [-0.1, -0.05) is 56.0 Å². The Labute approximate surface area is 199 Å². The molecule has 0 spiro atoms. The van der Waals surface area contributed by atoms with E-state index in [9.17, 15) is 4.79 Å². The Hall–Kier alpha value is -3.02. The van der Waals surface area contributed by atoms with Crippen molar-refractivity contribution in [3.8, 4) is 0 Å². The summed E-state index contributed by atoms with van der Waals surface area (Å²) >= 11 is 0. The molecule has 6 heteroatoms. The standard InChI is InChI=1S/C27H40N4O2/c1-9-10-16-22-21(18-29-27(22,6)7)17-23(31-25(32)33-26(3,4)5)24(28-8)30-19(2)20-14-12-11-13-15-20/h10-16,18,22-23,29H,2,9,17H2,1,3-8H3,(H,28,30)(H,31,32)/b16-10-/t22?,23-/m1/s1. The van der Waals surface area contributed by atoms with Crippen molar-refractivity contribution in [1.29, 1.82) is 0 Å². The second-order valence-corrected chi connectivity index (χ2v) is 9.88. The highest BCUT2D eigenvalue weighted by atomic mass is 16.6. The monoisotopic (exact) mass is 452 g/mol. The van der Waals surface area contributed by atoms with Crippen molar-refractivity contribution in [2.24, 2.45) is 10.9 Å². The lowest BCUT2D eigenvalue weighted by atomic mass is 9.82. The first-order valence-electron chi connectivity index (χ1n) is 11.6. The molecule has 0 saturated carbocycles. The summed E-state index contributed by atoms with van der Waals surface area (Å²) in [6.45, 7) is 16.2. The number of amides is 1. The predicted octanol–water partition coefficient (Wildman–Crippen LogP) is 5.41. The number of alkyl carbamates (subject to hydrolysis) is 1. The average Bonchev–Trinajstić information content (AvgIpc) is 3.02. The Morgan fingerprint density at radius 3 is 2.55 bits per heavy atom. The van der Waals surface area contributed by atoms with Gasteiger partial charge in [-0.3, -0.25) is 4.99 Å². The summed E-state index contributed by atoms with van der Waals surface area (Å²) < 4.78 is 5.55. The average molecular weight is 453 g/mol. The molecule has 1 heterocycles. The zero-order valence-corrected chi connectivity index (χ0v) is 21.2. The summed E-state index contributed by atoms with van der Waals surface area (Å²) in [7, 11) is 1.71. The molecule has 1 amide bonds. The van der Waals surface area contributed by atoms with Crippen molar-refractivity contribution in [2.75, 3.05) is 7.05 Å². The first-order valence-corrected chi connectivity index (χ1v) is 11.6. The molecular weight excluding hydrogens is 412 g/mol. The van der Waals surface area contributed by atoms with Crippen LogP contribution in [0.2, 0.25) is 0 Å². The molecule has 0 saturated heterocycles. The quantitative estimate of drug-likeness (QED) is 0.280. The van der Waals surface area contributed by atoms with Crippen LogP contribution in [0.15, 0.2) is 65.8 Å². The van der Waals surface area contributed by atoms with E-state index in [1.54, 1.807) is 7.05 Å². The smallest absolute Gasteiger partial charge is 0.408 e. The SMILES string of the molecule is C=C(NC(=NC)[C@@H](CC1=CNC(C)(C)C1/C=C\CC)NC(=O)OC(C)(C)C)c1ccccc1. The van der Waals surface area contributed by atoms with Crippen LogP contribution in [-0.4, -0.2) is 36.2 Å². The van der Waals surface area contributed by atoms with Crippen LogP contribution in [0.5, 0.6) is 0 Å². The fraction of sp³-hybridized carbons (Fsp3) is 0.481. The molecule has 1 aromatic rings. The number of ether oxygens (including phenoxy) is 1. The summed E-state index contributed by atoms with van der Waals surface area (Å²) in [6, 6.07) is 9.44. The first kappa shape index (κ1) is 26.2. The largest absolute Gasteiger partial charge is 0.444 e. The zero-order valence-electron chi connectivity index (χ0n) is 21.2. The molecule has 33 heavy (non-hydrogen) atoms. The van der Waals surface area contributed by atoms with E-state index in [4.69, 9.17) is 4.74 Å². The maximum Gasteiger partial charge on any atom is 0.408 e. The normalized spacial score (nSPS) is 18.9. The van der Waals surface area contributed by atoms with Crippen LogP contribution in [0.3, 0.4) is 0 Å². The zero-order chi connectivity index (χ0) is 24.6. The number of rotatable bonds is 8. The molecule has 0 aromatic heterocycles. The molecule has 0 aliphatic carbocycles. The molecule has 180 valence electrons. The van der Waals surface area contributed by atoms with Gasteiger partial charge in [0.15, 0.2) is 0 Å². The van der Waals surface area contributed by atoms with Crippen LogP contribution in [0.1, 0.15) is 59.9 Å². The first-order chi connectivity index (χ1) is 15.5. The minimum Gasteiger partial charge on any atom is -0.444 e. The molecule has 1 aromatic carbocycles. The molecule has 2 rings (SSSR count). The number of hydrogen-bond acceptors (Lipinski definition) is 4. The maximum atomic E-state index is 12.7. The van der Waals surface area contributed by atoms with Crippen LogP contribution in [-0.2, 0) is 4.74 Å². The molecule has 1 aliphatic heterocycles. The third-order valence-corrected chi connectivity index (χ3v) is 5.47. The van der Waals surface area contributed by atoms with Gasteiger partial charge in [0.25, 0.3) is 0 Å². The molecule has 1 unspecified atom stereocenters. The predicted molar refractivity (Wildman–Crippen MR) is 138 cm³/mol. The second-order valence-electron chi connectivity index (χ2n) is 9.88. The van der Waals surface area contributed by atoms with Gasteiger partial charge in [0.2, 0.25) is 0 Å². The maximum absolute atomic E-state index is 12.7. The van der Waals surface area contributed by atoms with Crippen LogP contribution < -0.4 is 16.0 Å². The fourth-order valence-corrected chi connectivity index (χ4v) is 3.81. The number of benzene rings is 1. The number of carbonyl (C=O) groups is 1. The van der Waals surface area contributed by atoms with Gasteiger partial charge in [0, 0.05) is 24.2 Å². The topological polar surface area (TPSA) is 74.8 Å². The summed E-state index contributed by atoms with van der Waals surface area (Å²) in [5.74, 6) is 0.828. The van der Waals surface area contributed by atoms with Gasteiger partial charge in [0.05, 0.1) is 6.04 Å². The van der Waals surface area contributed by atoms with Gasteiger partial charge in [-0.15, -0.1) is 0 Å². The molecule has 0 bridgehead atoms. The van der Waals surface area contributed by atoms with Crippen molar-refractivity contribution in [2.45, 2.75) is 71.6 Å². The molecule has 1 aliphatic rings. The van der Waals surface area contributed by atoms with Gasteiger partial charge < -0.3 is 20.7 Å². The molecule has 6 nitrogen and oxygen atoms in total. The van der Waals surface area contributed by atoms with Crippen molar-refractivity contribution in [3.63, 3.8) is 0 Å². The number of aliphatic imine (C=N–C) groups is 1.